The third kappa shape index (κ3) is 3.85. The number of nitrogens with zero attached hydrogens (tertiary/aromatic N) is 1. The minimum absolute atomic E-state index is 0.778. The minimum atomic E-state index is 0.778. The molecule has 17 heavy (non-hydrogen) atoms. The van der Waals surface area contributed by atoms with Crippen molar-refractivity contribution in [2.24, 2.45) is 5.73 Å². The van der Waals surface area contributed by atoms with Crippen molar-refractivity contribution in [1.82, 2.24) is 4.90 Å². The third-order valence-electron chi connectivity index (χ3n) is 2.90. The Hall–Kier alpha value is -0.290. The zero-order chi connectivity index (χ0) is 12.1. The topological polar surface area (TPSA) is 29.3 Å². The monoisotopic (exact) mass is 268 g/mol. The Labute approximate surface area is 112 Å². The second kappa shape index (κ2) is 6.59. The number of hydrogen-bond donors (Lipinski definition) is 1. The van der Waals surface area contributed by atoms with Crippen LogP contribution in [-0.4, -0.2) is 37.3 Å². The third-order valence-corrected chi connectivity index (χ3v) is 5.28. The Morgan fingerprint density at radius 2 is 2.35 bits per heavy atom. The molecule has 0 bridgehead atoms. The molecule has 0 aliphatic carbocycles. The van der Waals surface area contributed by atoms with E-state index in [1.165, 1.54) is 28.3 Å². The van der Waals surface area contributed by atoms with Crippen molar-refractivity contribution in [3.05, 3.63) is 28.0 Å². The Balaban J connectivity index is 1.93. The summed E-state index contributed by atoms with van der Waals surface area (Å²) < 4.78 is 0. The maximum Gasteiger partial charge on any atom is 0.0303 e. The first-order valence-electron chi connectivity index (χ1n) is 6.04. The van der Waals surface area contributed by atoms with Crippen molar-refractivity contribution in [2.75, 3.05) is 32.4 Å². The molecule has 0 aromatic carbocycles. The van der Waals surface area contributed by atoms with E-state index in [0.717, 1.165) is 24.6 Å². The van der Waals surface area contributed by atoms with Crippen molar-refractivity contribution in [1.29, 1.82) is 0 Å². The second-order valence-corrected chi connectivity index (χ2v) is 6.62. The van der Waals surface area contributed by atoms with E-state index in [-0.39, 0.29) is 0 Å². The molecule has 2 N–H and O–H groups in total. The lowest BCUT2D eigenvalue weighted by Crippen LogP contribution is -2.23. The maximum absolute atomic E-state index is 5.50. The standard InChI is InChI=1S/C13H20N2S2/c1-15-7-4-11(5-8-15)13-3-2-12(17-13)10-16-9-6-14/h2-4H,5-10,14H2,1H3. The van der Waals surface area contributed by atoms with E-state index in [2.05, 4.69) is 30.2 Å². The number of thioether (sulfide) groups is 1. The van der Waals surface area contributed by atoms with E-state index in [0.29, 0.717) is 0 Å². The van der Waals surface area contributed by atoms with Crippen LogP contribution in [0.3, 0.4) is 0 Å². The van der Waals surface area contributed by atoms with Crippen LogP contribution in [0.2, 0.25) is 0 Å². The average Bonchev–Trinajstić information content (AvgIpc) is 2.79. The molecule has 0 radical (unpaired) electrons. The predicted molar refractivity (Wildman–Crippen MR) is 79.6 cm³/mol. The molecule has 0 spiro atoms. The number of rotatable bonds is 5. The van der Waals surface area contributed by atoms with Gasteiger partial charge in [0, 0.05) is 40.9 Å². The first-order valence-corrected chi connectivity index (χ1v) is 8.01. The van der Waals surface area contributed by atoms with E-state index in [4.69, 9.17) is 5.73 Å². The van der Waals surface area contributed by atoms with Gasteiger partial charge in [0.1, 0.15) is 0 Å². The van der Waals surface area contributed by atoms with E-state index in [1.54, 1.807) is 0 Å². The van der Waals surface area contributed by atoms with Crippen molar-refractivity contribution < 1.29 is 0 Å². The molecule has 0 amide bonds. The van der Waals surface area contributed by atoms with Gasteiger partial charge in [-0.15, -0.1) is 11.3 Å². The molecule has 1 aliphatic rings. The Morgan fingerprint density at radius 1 is 1.47 bits per heavy atom. The summed E-state index contributed by atoms with van der Waals surface area (Å²) >= 11 is 3.87. The summed E-state index contributed by atoms with van der Waals surface area (Å²) in [6, 6.07) is 4.54. The number of thiophene rings is 1. The normalized spacial score (nSPS) is 17.2. The summed E-state index contributed by atoms with van der Waals surface area (Å²) in [6.07, 6.45) is 3.55. The molecular weight excluding hydrogens is 248 g/mol. The van der Waals surface area contributed by atoms with Crippen LogP contribution in [0.1, 0.15) is 16.2 Å². The molecule has 2 rings (SSSR count). The minimum Gasteiger partial charge on any atom is -0.330 e. The van der Waals surface area contributed by atoms with Crippen LogP contribution in [0.15, 0.2) is 18.2 Å². The van der Waals surface area contributed by atoms with Crippen molar-refractivity contribution in [2.45, 2.75) is 12.2 Å². The van der Waals surface area contributed by atoms with E-state index in [9.17, 15) is 0 Å². The Bertz CT molecular complexity index is 385. The summed E-state index contributed by atoms with van der Waals surface area (Å²) in [5.74, 6) is 2.16. The number of hydrogen-bond acceptors (Lipinski definition) is 4. The summed E-state index contributed by atoms with van der Waals surface area (Å²) in [5, 5.41) is 0. The quantitative estimate of drug-likeness (QED) is 0.833. The summed E-state index contributed by atoms with van der Waals surface area (Å²) in [5.41, 5.74) is 7.03. The molecular formula is C13H20N2S2. The lowest BCUT2D eigenvalue weighted by Gasteiger charge is -2.21. The van der Waals surface area contributed by atoms with Gasteiger partial charge in [0.25, 0.3) is 0 Å². The van der Waals surface area contributed by atoms with E-state index in [1.807, 2.05) is 23.1 Å². The highest BCUT2D eigenvalue weighted by Crippen LogP contribution is 2.30. The highest BCUT2D eigenvalue weighted by molar-refractivity contribution is 7.98. The molecule has 0 unspecified atom stereocenters. The molecule has 1 aromatic heterocycles. The summed E-state index contributed by atoms with van der Waals surface area (Å²) in [7, 11) is 2.18. The van der Waals surface area contributed by atoms with Gasteiger partial charge in [-0.2, -0.15) is 11.8 Å². The van der Waals surface area contributed by atoms with Gasteiger partial charge in [0.05, 0.1) is 0 Å². The van der Waals surface area contributed by atoms with Crippen LogP contribution in [0, 0.1) is 0 Å². The van der Waals surface area contributed by atoms with E-state index < -0.39 is 0 Å². The highest BCUT2D eigenvalue weighted by atomic mass is 32.2. The summed E-state index contributed by atoms with van der Waals surface area (Å²) in [4.78, 5) is 5.29. The SMILES string of the molecule is CN1CC=C(c2ccc(CSCCN)s2)CC1. The molecule has 0 saturated heterocycles. The van der Waals surface area contributed by atoms with Gasteiger partial charge in [-0.25, -0.2) is 0 Å². The number of nitrogens with two attached hydrogens (primary N) is 1. The number of likely N-dealkylation sites (N-methyl/N-ethyl adjacent to an activating group) is 1. The molecule has 0 atom stereocenters. The van der Waals surface area contributed by atoms with Crippen LogP contribution < -0.4 is 5.73 Å². The fourth-order valence-electron chi connectivity index (χ4n) is 1.88. The first-order chi connectivity index (χ1) is 8.29. The van der Waals surface area contributed by atoms with Gasteiger partial charge < -0.3 is 10.6 Å². The van der Waals surface area contributed by atoms with Crippen LogP contribution in [-0.2, 0) is 5.75 Å². The molecule has 4 heteroatoms. The first kappa shape index (κ1) is 13.1. The molecule has 94 valence electrons. The maximum atomic E-state index is 5.50. The van der Waals surface area contributed by atoms with Crippen LogP contribution in [0.25, 0.3) is 5.57 Å². The largest absolute Gasteiger partial charge is 0.330 e. The van der Waals surface area contributed by atoms with Gasteiger partial charge in [0.2, 0.25) is 0 Å². The van der Waals surface area contributed by atoms with E-state index >= 15 is 0 Å². The molecule has 1 aliphatic heterocycles. The zero-order valence-corrected chi connectivity index (χ0v) is 11.9. The molecule has 2 nitrogen and oxygen atoms in total. The average molecular weight is 268 g/mol. The Morgan fingerprint density at radius 3 is 3.06 bits per heavy atom. The van der Waals surface area contributed by atoms with Crippen molar-refractivity contribution in [3.63, 3.8) is 0 Å². The fraction of sp³-hybridized carbons (Fsp3) is 0.538. The van der Waals surface area contributed by atoms with Crippen LogP contribution >= 0.6 is 23.1 Å². The van der Waals surface area contributed by atoms with Gasteiger partial charge in [-0.3, -0.25) is 0 Å². The molecule has 1 aromatic rings. The highest BCUT2D eigenvalue weighted by Gasteiger charge is 2.11. The Kier molecular flexibility index (Phi) is 5.10. The molecule has 0 saturated carbocycles. The predicted octanol–water partition coefficient (Wildman–Crippen LogP) is 2.66. The lowest BCUT2D eigenvalue weighted by atomic mass is 10.1. The fourth-order valence-corrected chi connectivity index (χ4v) is 3.84. The zero-order valence-electron chi connectivity index (χ0n) is 10.3. The van der Waals surface area contributed by atoms with Gasteiger partial charge in [-0.1, -0.05) is 6.08 Å². The lowest BCUT2D eigenvalue weighted by molar-refractivity contribution is 0.370. The van der Waals surface area contributed by atoms with Crippen molar-refractivity contribution >= 4 is 28.7 Å². The van der Waals surface area contributed by atoms with Crippen LogP contribution in [0.4, 0.5) is 0 Å². The molecule has 0 fully saturated rings. The molecule has 2 heterocycles. The van der Waals surface area contributed by atoms with Gasteiger partial charge in [-0.05, 0) is 31.2 Å². The van der Waals surface area contributed by atoms with Gasteiger partial charge >= 0.3 is 0 Å². The smallest absolute Gasteiger partial charge is 0.0303 e. The van der Waals surface area contributed by atoms with Gasteiger partial charge in [0.15, 0.2) is 0 Å². The van der Waals surface area contributed by atoms with Crippen LogP contribution in [0.5, 0.6) is 0 Å². The van der Waals surface area contributed by atoms with Crippen molar-refractivity contribution in [3.8, 4) is 0 Å². The summed E-state index contributed by atoms with van der Waals surface area (Å²) in [6.45, 7) is 3.05. The second-order valence-electron chi connectivity index (χ2n) is 4.35.